The van der Waals surface area contributed by atoms with E-state index in [4.69, 9.17) is 5.26 Å². The van der Waals surface area contributed by atoms with Crippen LogP contribution in [0.1, 0.15) is 6.42 Å². The molecule has 0 aromatic rings. The van der Waals surface area contributed by atoms with Gasteiger partial charge in [-0.05, 0) is 7.05 Å². The van der Waals surface area contributed by atoms with Gasteiger partial charge in [-0.1, -0.05) is 0 Å². The van der Waals surface area contributed by atoms with Crippen molar-refractivity contribution < 1.29 is 8.78 Å². The lowest BCUT2D eigenvalue weighted by Crippen LogP contribution is -2.38. The van der Waals surface area contributed by atoms with Crippen LogP contribution in [-0.2, 0) is 0 Å². The molecule has 0 aliphatic carbocycles. The van der Waals surface area contributed by atoms with Gasteiger partial charge in [0.15, 0.2) is 0 Å². The summed E-state index contributed by atoms with van der Waals surface area (Å²) in [5, 5.41) is 11.3. The van der Waals surface area contributed by atoms with Gasteiger partial charge in [-0.25, -0.2) is 8.78 Å². The van der Waals surface area contributed by atoms with Crippen LogP contribution in [0.3, 0.4) is 0 Å². The molecule has 0 spiro atoms. The molecule has 1 aliphatic heterocycles. The van der Waals surface area contributed by atoms with E-state index in [1.165, 1.54) is 0 Å². The summed E-state index contributed by atoms with van der Waals surface area (Å²) in [7, 11) is 1.65. The Bertz CT molecular complexity index is 212. The van der Waals surface area contributed by atoms with Gasteiger partial charge in [0.2, 0.25) is 0 Å². The van der Waals surface area contributed by atoms with Gasteiger partial charge in [0.05, 0.1) is 12.6 Å². The van der Waals surface area contributed by atoms with E-state index < -0.39 is 5.92 Å². The van der Waals surface area contributed by atoms with Crippen LogP contribution < -0.4 is 5.32 Å². The number of alkyl halides is 2. The SMILES string of the molecule is CNC(C#N)CN1CCC(F)(F)C1. The molecule has 0 radical (unpaired) electrons. The lowest BCUT2D eigenvalue weighted by Gasteiger charge is -2.18. The van der Waals surface area contributed by atoms with Crippen LogP contribution >= 0.6 is 0 Å². The quantitative estimate of drug-likeness (QED) is 0.700. The Balaban J connectivity index is 2.36. The number of nitrogens with one attached hydrogen (secondary N) is 1. The highest BCUT2D eigenvalue weighted by atomic mass is 19.3. The number of halogens is 2. The average Bonchev–Trinajstić information content (AvgIpc) is 2.41. The molecule has 0 aromatic heterocycles. The van der Waals surface area contributed by atoms with Crippen molar-refractivity contribution in [2.75, 3.05) is 26.7 Å². The Morgan fingerprint density at radius 1 is 1.69 bits per heavy atom. The van der Waals surface area contributed by atoms with Crippen LogP contribution in [0.5, 0.6) is 0 Å². The highest BCUT2D eigenvalue weighted by Crippen LogP contribution is 2.26. The minimum atomic E-state index is -2.56. The largest absolute Gasteiger partial charge is 0.304 e. The average molecular weight is 189 g/mol. The van der Waals surface area contributed by atoms with Crippen molar-refractivity contribution >= 4 is 0 Å². The second kappa shape index (κ2) is 3.99. The fraction of sp³-hybridized carbons (Fsp3) is 0.875. The number of hydrogen-bond acceptors (Lipinski definition) is 3. The third-order valence-electron chi connectivity index (χ3n) is 2.19. The van der Waals surface area contributed by atoms with Gasteiger partial charge in [0.1, 0.15) is 6.04 Å². The molecule has 13 heavy (non-hydrogen) atoms. The monoisotopic (exact) mass is 189 g/mol. The molecule has 74 valence electrons. The molecule has 1 N–H and O–H groups in total. The molecule has 0 aromatic carbocycles. The fourth-order valence-corrected chi connectivity index (χ4v) is 1.42. The molecule has 1 rings (SSSR count). The van der Waals surface area contributed by atoms with Crippen molar-refractivity contribution in [2.24, 2.45) is 0 Å². The van der Waals surface area contributed by atoms with E-state index in [2.05, 4.69) is 5.32 Å². The molecule has 1 fully saturated rings. The summed E-state index contributed by atoms with van der Waals surface area (Å²) in [6, 6.07) is 1.66. The van der Waals surface area contributed by atoms with Crippen molar-refractivity contribution in [1.29, 1.82) is 5.26 Å². The maximum absolute atomic E-state index is 12.7. The predicted octanol–water partition coefficient (Wildman–Crippen LogP) is 0.439. The number of hydrogen-bond donors (Lipinski definition) is 1. The van der Waals surface area contributed by atoms with Crippen molar-refractivity contribution in [1.82, 2.24) is 10.2 Å². The van der Waals surface area contributed by atoms with Crippen molar-refractivity contribution in [2.45, 2.75) is 18.4 Å². The summed E-state index contributed by atoms with van der Waals surface area (Å²) in [5.74, 6) is -2.56. The summed E-state index contributed by atoms with van der Waals surface area (Å²) < 4.78 is 25.4. The molecule has 5 heteroatoms. The first-order valence-electron chi connectivity index (χ1n) is 4.24. The van der Waals surface area contributed by atoms with Gasteiger partial charge in [0, 0.05) is 19.5 Å². The highest BCUT2D eigenvalue weighted by Gasteiger charge is 2.38. The van der Waals surface area contributed by atoms with E-state index in [0.717, 1.165) is 0 Å². The Morgan fingerprint density at radius 2 is 2.38 bits per heavy atom. The lowest BCUT2D eigenvalue weighted by atomic mass is 10.3. The van der Waals surface area contributed by atoms with Gasteiger partial charge >= 0.3 is 0 Å². The smallest absolute Gasteiger partial charge is 0.261 e. The van der Waals surface area contributed by atoms with Gasteiger partial charge < -0.3 is 5.32 Å². The van der Waals surface area contributed by atoms with Gasteiger partial charge in [-0.15, -0.1) is 0 Å². The third kappa shape index (κ3) is 2.90. The number of nitriles is 1. The molecule has 0 bridgehead atoms. The third-order valence-corrected chi connectivity index (χ3v) is 2.19. The van der Waals surface area contributed by atoms with Crippen LogP contribution in [0.2, 0.25) is 0 Å². The van der Waals surface area contributed by atoms with Crippen LogP contribution in [0.4, 0.5) is 8.78 Å². The number of nitrogens with zero attached hydrogens (tertiary/aromatic N) is 2. The molecule has 0 amide bonds. The minimum Gasteiger partial charge on any atom is -0.304 e. The van der Waals surface area contributed by atoms with Crippen LogP contribution in [0.25, 0.3) is 0 Å². The van der Waals surface area contributed by atoms with E-state index in [9.17, 15) is 8.78 Å². The van der Waals surface area contributed by atoms with Crippen LogP contribution in [-0.4, -0.2) is 43.5 Å². The van der Waals surface area contributed by atoms with E-state index >= 15 is 0 Å². The molecular weight excluding hydrogens is 176 g/mol. The van der Waals surface area contributed by atoms with E-state index in [1.54, 1.807) is 11.9 Å². The van der Waals surface area contributed by atoms with E-state index in [-0.39, 0.29) is 19.0 Å². The zero-order valence-electron chi connectivity index (χ0n) is 7.56. The first-order valence-corrected chi connectivity index (χ1v) is 4.24. The molecule has 1 heterocycles. The van der Waals surface area contributed by atoms with Gasteiger partial charge in [-0.3, -0.25) is 4.90 Å². The summed E-state index contributed by atoms with van der Waals surface area (Å²) in [6.45, 7) is 0.544. The predicted molar refractivity (Wildman–Crippen MR) is 44.5 cm³/mol. The Labute approximate surface area is 76.3 Å². The van der Waals surface area contributed by atoms with Gasteiger partial charge in [-0.2, -0.15) is 5.26 Å². The van der Waals surface area contributed by atoms with Crippen LogP contribution in [0.15, 0.2) is 0 Å². The van der Waals surface area contributed by atoms with Gasteiger partial charge in [0.25, 0.3) is 5.92 Å². The van der Waals surface area contributed by atoms with Crippen molar-refractivity contribution in [3.8, 4) is 6.07 Å². The number of likely N-dealkylation sites (N-methyl/N-ethyl adjacent to an activating group) is 1. The summed E-state index contributed by atoms with van der Waals surface area (Å²) >= 11 is 0. The summed E-state index contributed by atoms with van der Waals surface area (Å²) in [5.41, 5.74) is 0. The second-order valence-electron chi connectivity index (χ2n) is 3.31. The highest BCUT2D eigenvalue weighted by molar-refractivity contribution is 4.93. The van der Waals surface area contributed by atoms with Crippen LogP contribution in [0, 0.1) is 11.3 Å². The standard InChI is InChI=1S/C8H13F2N3/c1-12-7(4-11)5-13-3-2-8(9,10)6-13/h7,12H,2-3,5-6H2,1H3. The Kier molecular flexibility index (Phi) is 3.17. The molecule has 1 atom stereocenters. The molecule has 3 nitrogen and oxygen atoms in total. The van der Waals surface area contributed by atoms with Crippen molar-refractivity contribution in [3.63, 3.8) is 0 Å². The van der Waals surface area contributed by atoms with E-state index in [1.807, 2.05) is 6.07 Å². The zero-order valence-corrected chi connectivity index (χ0v) is 7.56. The first kappa shape index (κ1) is 10.4. The lowest BCUT2D eigenvalue weighted by molar-refractivity contribution is 0.0119. The molecule has 1 saturated heterocycles. The maximum Gasteiger partial charge on any atom is 0.261 e. The molecule has 1 aliphatic rings. The second-order valence-corrected chi connectivity index (χ2v) is 3.31. The number of rotatable bonds is 3. The minimum absolute atomic E-state index is 0.0884. The normalized spacial score (nSPS) is 24.2. The fourth-order valence-electron chi connectivity index (χ4n) is 1.42. The van der Waals surface area contributed by atoms with E-state index in [0.29, 0.717) is 13.1 Å². The zero-order chi connectivity index (χ0) is 9.90. The summed E-state index contributed by atoms with van der Waals surface area (Å²) in [6.07, 6.45) is -0.0884. The maximum atomic E-state index is 12.7. The molecule has 1 unspecified atom stereocenters. The first-order chi connectivity index (χ1) is 6.07. The topological polar surface area (TPSA) is 39.1 Å². The van der Waals surface area contributed by atoms with Crippen molar-refractivity contribution in [3.05, 3.63) is 0 Å². The Hall–Kier alpha value is -0.730. The summed E-state index contributed by atoms with van der Waals surface area (Å²) in [4.78, 5) is 1.62. The molecule has 0 saturated carbocycles. The number of likely N-dealkylation sites (tertiary alicyclic amines) is 1. The Morgan fingerprint density at radius 3 is 2.77 bits per heavy atom. The molecular formula is C8H13F2N3.